The number of rotatable bonds is 5. The fourth-order valence-electron chi connectivity index (χ4n) is 2.46. The summed E-state index contributed by atoms with van der Waals surface area (Å²) in [4.78, 5) is 25.2. The van der Waals surface area contributed by atoms with Gasteiger partial charge in [-0.15, -0.1) is 11.8 Å². The van der Waals surface area contributed by atoms with Crippen LogP contribution in [0.15, 0.2) is 53.4 Å². The molecule has 0 bridgehead atoms. The average Bonchev–Trinajstić information content (AvgIpc) is 2.57. The zero-order valence-corrected chi connectivity index (χ0v) is 14.5. The fourth-order valence-corrected chi connectivity index (χ4v) is 3.70. The zero-order valence-electron chi connectivity index (χ0n) is 12.9. The van der Waals surface area contributed by atoms with E-state index < -0.39 is 5.25 Å². The molecule has 4 nitrogen and oxygen atoms in total. The van der Waals surface area contributed by atoms with Crippen molar-refractivity contribution in [2.24, 2.45) is 0 Å². The number of amides is 2. The smallest absolute Gasteiger partial charge is 0.238 e. The van der Waals surface area contributed by atoms with Crippen LogP contribution in [0.2, 0.25) is 5.02 Å². The first-order valence-electron chi connectivity index (χ1n) is 7.69. The molecule has 3 rings (SSSR count). The third-order valence-electron chi connectivity index (χ3n) is 3.73. The van der Waals surface area contributed by atoms with Crippen molar-refractivity contribution in [3.05, 3.63) is 59.1 Å². The Balaban J connectivity index is 1.48. The Morgan fingerprint density at radius 3 is 2.71 bits per heavy atom. The number of carbonyl (C=O) groups excluding carboxylic acids is 2. The van der Waals surface area contributed by atoms with Gasteiger partial charge in [-0.25, -0.2) is 0 Å². The molecule has 1 heterocycles. The predicted molar refractivity (Wildman–Crippen MR) is 97.5 cm³/mol. The van der Waals surface area contributed by atoms with E-state index in [1.165, 1.54) is 11.8 Å². The number of nitrogens with one attached hydrogen (secondary N) is 2. The number of anilines is 1. The lowest BCUT2D eigenvalue weighted by Crippen LogP contribution is -2.35. The Hall–Kier alpha value is -1.98. The van der Waals surface area contributed by atoms with Gasteiger partial charge in [0.1, 0.15) is 0 Å². The molecule has 0 saturated heterocycles. The van der Waals surface area contributed by atoms with Gasteiger partial charge in [-0.3, -0.25) is 9.59 Å². The van der Waals surface area contributed by atoms with Crippen molar-refractivity contribution in [1.29, 1.82) is 0 Å². The molecule has 6 heteroatoms. The van der Waals surface area contributed by atoms with Crippen molar-refractivity contribution in [1.82, 2.24) is 5.32 Å². The second-order valence-corrected chi connectivity index (χ2v) is 7.20. The Morgan fingerprint density at radius 2 is 1.92 bits per heavy atom. The van der Waals surface area contributed by atoms with E-state index in [-0.39, 0.29) is 18.2 Å². The van der Waals surface area contributed by atoms with Gasteiger partial charge in [-0.2, -0.15) is 0 Å². The van der Waals surface area contributed by atoms with Gasteiger partial charge in [-0.1, -0.05) is 35.9 Å². The number of hydrogen-bond acceptors (Lipinski definition) is 3. The molecule has 1 aliphatic heterocycles. The first-order chi connectivity index (χ1) is 11.6. The van der Waals surface area contributed by atoms with Gasteiger partial charge in [0.15, 0.2) is 0 Å². The lowest BCUT2D eigenvalue weighted by molar-refractivity contribution is -0.124. The molecule has 0 saturated carbocycles. The molecule has 0 aromatic heterocycles. The second-order valence-electron chi connectivity index (χ2n) is 5.52. The monoisotopic (exact) mass is 360 g/mol. The average molecular weight is 361 g/mol. The number of fused-ring (bicyclic) bond motifs is 1. The van der Waals surface area contributed by atoms with E-state index in [4.69, 9.17) is 11.6 Å². The van der Waals surface area contributed by atoms with Crippen molar-refractivity contribution in [2.75, 3.05) is 11.9 Å². The first kappa shape index (κ1) is 16.9. The summed E-state index contributed by atoms with van der Waals surface area (Å²) in [5.41, 5.74) is 1.92. The zero-order chi connectivity index (χ0) is 16.9. The third kappa shape index (κ3) is 4.30. The summed E-state index contributed by atoms with van der Waals surface area (Å²) in [7, 11) is 0. The number of para-hydroxylation sites is 1. The molecule has 2 amide bonds. The van der Waals surface area contributed by atoms with E-state index in [0.29, 0.717) is 11.6 Å². The SMILES string of the molecule is O=C(C[C@H]1Sc2ccccc2NC1=O)NCCc1ccc(Cl)cc1. The van der Waals surface area contributed by atoms with Crippen LogP contribution in [-0.4, -0.2) is 23.6 Å². The Bertz CT molecular complexity index is 749. The van der Waals surface area contributed by atoms with E-state index in [0.717, 1.165) is 22.6 Å². The summed E-state index contributed by atoms with van der Waals surface area (Å²) >= 11 is 7.28. The molecule has 1 aliphatic rings. The molecule has 1 atom stereocenters. The number of thioether (sulfide) groups is 1. The maximum absolute atomic E-state index is 12.1. The maximum Gasteiger partial charge on any atom is 0.238 e. The highest BCUT2D eigenvalue weighted by molar-refractivity contribution is 8.01. The van der Waals surface area contributed by atoms with Gasteiger partial charge >= 0.3 is 0 Å². The molecule has 0 radical (unpaired) electrons. The van der Waals surface area contributed by atoms with Gasteiger partial charge in [0.25, 0.3) is 0 Å². The van der Waals surface area contributed by atoms with Gasteiger partial charge in [0.2, 0.25) is 11.8 Å². The fraction of sp³-hybridized carbons (Fsp3) is 0.222. The van der Waals surface area contributed by atoms with Crippen LogP contribution in [-0.2, 0) is 16.0 Å². The number of carbonyl (C=O) groups is 2. The summed E-state index contributed by atoms with van der Waals surface area (Å²) in [6, 6.07) is 15.2. The van der Waals surface area contributed by atoms with Crippen molar-refractivity contribution in [3.63, 3.8) is 0 Å². The van der Waals surface area contributed by atoms with Gasteiger partial charge in [-0.05, 0) is 36.2 Å². The Kier molecular flexibility index (Phi) is 5.43. The van der Waals surface area contributed by atoms with Crippen LogP contribution in [0.1, 0.15) is 12.0 Å². The molecule has 0 unspecified atom stereocenters. The van der Waals surface area contributed by atoms with Crippen molar-refractivity contribution >= 4 is 40.9 Å². The first-order valence-corrected chi connectivity index (χ1v) is 8.95. The highest BCUT2D eigenvalue weighted by atomic mass is 35.5. The van der Waals surface area contributed by atoms with Crippen LogP contribution >= 0.6 is 23.4 Å². The van der Waals surface area contributed by atoms with Crippen LogP contribution in [0, 0.1) is 0 Å². The third-order valence-corrected chi connectivity index (χ3v) is 5.25. The van der Waals surface area contributed by atoms with Crippen LogP contribution in [0.3, 0.4) is 0 Å². The minimum Gasteiger partial charge on any atom is -0.356 e. The minimum absolute atomic E-state index is 0.115. The molecule has 0 fully saturated rings. The lowest BCUT2D eigenvalue weighted by Gasteiger charge is -2.23. The lowest BCUT2D eigenvalue weighted by atomic mass is 10.1. The van der Waals surface area contributed by atoms with Crippen LogP contribution in [0.4, 0.5) is 5.69 Å². The molecular weight excluding hydrogens is 344 g/mol. The highest BCUT2D eigenvalue weighted by Crippen LogP contribution is 2.36. The Labute approximate surface area is 150 Å². The summed E-state index contributed by atoms with van der Waals surface area (Å²) in [5, 5.41) is 6.03. The van der Waals surface area contributed by atoms with E-state index in [9.17, 15) is 9.59 Å². The van der Waals surface area contributed by atoms with Crippen molar-refractivity contribution in [2.45, 2.75) is 23.0 Å². The van der Waals surface area contributed by atoms with Crippen molar-refractivity contribution in [3.8, 4) is 0 Å². The van der Waals surface area contributed by atoms with Gasteiger partial charge in [0.05, 0.1) is 10.9 Å². The predicted octanol–water partition coefficient (Wildman–Crippen LogP) is 3.50. The van der Waals surface area contributed by atoms with E-state index in [2.05, 4.69) is 10.6 Å². The highest BCUT2D eigenvalue weighted by Gasteiger charge is 2.28. The van der Waals surface area contributed by atoms with Crippen LogP contribution < -0.4 is 10.6 Å². The molecule has 2 aromatic carbocycles. The topological polar surface area (TPSA) is 58.2 Å². The van der Waals surface area contributed by atoms with E-state index >= 15 is 0 Å². The van der Waals surface area contributed by atoms with Crippen LogP contribution in [0.25, 0.3) is 0 Å². The summed E-state index contributed by atoms with van der Waals surface area (Å²) in [5.74, 6) is -0.234. The summed E-state index contributed by atoms with van der Waals surface area (Å²) < 4.78 is 0. The Morgan fingerprint density at radius 1 is 1.17 bits per heavy atom. The number of benzene rings is 2. The standard InChI is InChI=1S/C18H17ClN2O2S/c19-13-7-5-12(6-8-13)9-10-20-17(22)11-16-18(23)21-14-3-1-2-4-15(14)24-16/h1-8,16H,9-11H2,(H,20,22)(H,21,23)/t16-/m1/s1. The molecule has 124 valence electrons. The van der Waals surface area contributed by atoms with E-state index in [1.807, 2.05) is 48.5 Å². The van der Waals surface area contributed by atoms with E-state index in [1.54, 1.807) is 0 Å². The molecular formula is C18H17ClN2O2S. The summed E-state index contributed by atoms with van der Waals surface area (Å²) in [6.45, 7) is 0.538. The minimum atomic E-state index is -0.393. The maximum atomic E-state index is 12.1. The molecule has 2 aromatic rings. The number of hydrogen-bond donors (Lipinski definition) is 2. The molecule has 0 spiro atoms. The van der Waals surface area contributed by atoms with Crippen molar-refractivity contribution < 1.29 is 9.59 Å². The molecule has 2 N–H and O–H groups in total. The van der Waals surface area contributed by atoms with Gasteiger partial charge in [0, 0.05) is 22.9 Å². The number of halogens is 1. The second kappa shape index (κ2) is 7.73. The molecule has 0 aliphatic carbocycles. The van der Waals surface area contributed by atoms with Crippen LogP contribution in [0.5, 0.6) is 0 Å². The quantitative estimate of drug-likeness (QED) is 0.858. The normalized spacial score (nSPS) is 16.2. The summed E-state index contributed by atoms with van der Waals surface area (Å²) in [6.07, 6.45) is 0.904. The van der Waals surface area contributed by atoms with Gasteiger partial charge < -0.3 is 10.6 Å². The largest absolute Gasteiger partial charge is 0.356 e. The molecule has 24 heavy (non-hydrogen) atoms.